The normalized spacial score (nSPS) is 21.4. The van der Waals surface area contributed by atoms with Crippen molar-refractivity contribution in [3.8, 4) is 0 Å². The first-order valence-electron chi connectivity index (χ1n) is 5.97. The van der Waals surface area contributed by atoms with Crippen LogP contribution in [-0.4, -0.2) is 42.8 Å². The molecule has 0 aromatic heterocycles. The highest BCUT2D eigenvalue weighted by molar-refractivity contribution is 4.99. The van der Waals surface area contributed by atoms with Gasteiger partial charge in [0, 0.05) is 32.3 Å². The third kappa shape index (κ3) is 3.74. The highest BCUT2D eigenvalue weighted by atomic mass is 16.5. The maximum absolute atomic E-state index is 6.20. The van der Waals surface area contributed by atoms with Crippen molar-refractivity contribution in [2.24, 2.45) is 5.73 Å². The summed E-state index contributed by atoms with van der Waals surface area (Å²) in [6.07, 6.45) is 3.41. The summed E-state index contributed by atoms with van der Waals surface area (Å²) in [5, 5.41) is 0. The zero-order chi connectivity index (χ0) is 11.5. The van der Waals surface area contributed by atoms with Gasteiger partial charge in [-0.1, -0.05) is 13.3 Å². The van der Waals surface area contributed by atoms with Crippen LogP contribution in [0.1, 0.15) is 40.0 Å². The standard InChI is InChI=1S/C12H26N2O/c1-5-6-12(13)9-14(10-12)8-7-11(2,3)15-4/h5-10,13H2,1-4H3. The van der Waals surface area contributed by atoms with Crippen LogP contribution in [0.25, 0.3) is 0 Å². The Morgan fingerprint density at radius 2 is 2.00 bits per heavy atom. The number of likely N-dealkylation sites (tertiary alicyclic amines) is 1. The molecule has 1 aliphatic heterocycles. The van der Waals surface area contributed by atoms with Gasteiger partial charge in [0.05, 0.1) is 5.60 Å². The average molecular weight is 214 g/mol. The maximum atomic E-state index is 6.20. The molecule has 1 fully saturated rings. The maximum Gasteiger partial charge on any atom is 0.0634 e. The average Bonchev–Trinajstić information content (AvgIpc) is 2.12. The van der Waals surface area contributed by atoms with Gasteiger partial charge in [-0.05, 0) is 26.7 Å². The van der Waals surface area contributed by atoms with Gasteiger partial charge in [0.1, 0.15) is 0 Å². The number of nitrogens with zero attached hydrogens (tertiary/aromatic N) is 1. The predicted molar refractivity (Wildman–Crippen MR) is 64.0 cm³/mol. The number of ether oxygens (including phenoxy) is 1. The quantitative estimate of drug-likeness (QED) is 0.730. The molecule has 1 aliphatic rings. The first-order valence-corrected chi connectivity index (χ1v) is 5.97. The van der Waals surface area contributed by atoms with E-state index in [-0.39, 0.29) is 11.1 Å². The van der Waals surface area contributed by atoms with Gasteiger partial charge in [-0.2, -0.15) is 0 Å². The Labute approximate surface area is 94.0 Å². The Morgan fingerprint density at radius 1 is 1.40 bits per heavy atom. The van der Waals surface area contributed by atoms with E-state index < -0.39 is 0 Å². The minimum atomic E-state index is -0.00238. The highest BCUT2D eigenvalue weighted by Crippen LogP contribution is 2.24. The molecule has 0 aromatic rings. The minimum Gasteiger partial charge on any atom is -0.379 e. The van der Waals surface area contributed by atoms with Crippen LogP contribution >= 0.6 is 0 Å². The molecule has 0 aliphatic carbocycles. The molecule has 0 spiro atoms. The van der Waals surface area contributed by atoms with Crippen molar-refractivity contribution in [3.63, 3.8) is 0 Å². The monoisotopic (exact) mass is 214 g/mol. The smallest absolute Gasteiger partial charge is 0.0634 e. The summed E-state index contributed by atoms with van der Waals surface area (Å²) in [5.74, 6) is 0. The van der Waals surface area contributed by atoms with E-state index in [1.807, 2.05) is 0 Å². The third-order valence-corrected chi connectivity index (χ3v) is 3.41. The Morgan fingerprint density at radius 3 is 2.47 bits per heavy atom. The van der Waals surface area contributed by atoms with Crippen molar-refractivity contribution in [1.82, 2.24) is 4.90 Å². The molecule has 3 heteroatoms. The van der Waals surface area contributed by atoms with Crippen LogP contribution in [0.5, 0.6) is 0 Å². The second kappa shape index (κ2) is 4.81. The van der Waals surface area contributed by atoms with Gasteiger partial charge in [-0.25, -0.2) is 0 Å². The van der Waals surface area contributed by atoms with Crippen LogP contribution in [0.15, 0.2) is 0 Å². The fraction of sp³-hybridized carbons (Fsp3) is 1.00. The van der Waals surface area contributed by atoms with Crippen molar-refractivity contribution in [1.29, 1.82) is 0 Å². The second-order valence-electron chi connectivity index (χ2n) is 5.54. The molecule has 0 amide bonds. The van der Waals surface area contributed by atoms with E-state index in [4.69, 9.17) is 10.5 Å². The first kappa shape index (κ1) is 12.9. The van der Waals surface area contributed by atoms with Gasteiger partial charge in [-0.15, -0.1) is 0 Å². The van der Waals surface area contributed by atoms with E-state index in [0.29, 0.717) is 0 Å². The zero-order valence-electron chi connectivity index (χ0n) is 10.7. The van der Waals surface area contributed by atoms with E-state index >= 15 is 0 Å². The van der Waals surface area contributed by atoms with Crippen molar-refractivity contribution >= 4 is 0 Å². The Bertz CT molecular complexity index is 198. The van der Waals surface area contributed by atoms with Gasteiger partial charge in [0.15, 0.2) is 0 Å². The van der Waals surface area contributed by atoms with E-state index in [0.717, 1.165) is 32.5 Å². The molecule has 0 radical (unpaired) electrons. The largest absolute Gasteiger partial charge is 0.379 e. The van der Waals surface area contributed by atoms with Crippen molar-refractivity contribution < 1.29 is 4.74 Å². The van der Waals surface area contributed by atoms with Gasteiger partial charge in [0.2, 0.25) is 0 Å². The van der Waals surface area contributed by atoms with Crippen LogP contribution in [0.2, 0.25) is 0 Å². The Hall–Kier alpha value is -0.120. The summed E-state index contributed by atoms with van der Waals surface area (Å²) in [7, 11) is 1.78. The summed E-state index contributed by atoms with van der Waals surface area (Å²) in [6, 6.07) is 0. The van der Waals surface area contributed by atoms with Crippen molar-refractivity contribution in [2.45, 2.75) is 51.2 Å². The number of methoxy groups -OCH3 is 1. The number of hydrogen-bond donors (Lipinski definition) is 1. The number of rotatable bonds is 6. The van der Waals surface area contributed by atoms with Crippen molar-refractivity contribution in [3.05, 3.63) is 0 Å². The summed E-state index contributed by atoms with van der Waals surface area (Å²) in [6.45, 7) is 9.68. The van der Waals surface area contributed by atoms with Crippen LogP contribution in [-0.2, 0) is 4.74 Å². The molecule has 1 saturated heterocycles. The van der Waals surface area contributed by atoms with Crippen LogP contribution in [0, 0.1) is 0 Å². The van der Waals surface area contributed by atoms with Gasteiger partial charge in [0.25, 0.3) is 0 Å². The minimum absolute atomic E-state index is 0.00238. The summed E-state index contributed by atoms with van der Waals surface area (Å²) >= 11 is 0. The van der Waals surface area contributed by atoms with E-state index in [9.17, 15) is 0 Å². The lowest BCUT2D eigenvalue weighted by molar-refractivity contribution is -0.0112. The lowest BCUT2D eigenvalue weighted by Crippen LogP contribution is -2.67. The van der Waals surface area contributed by atoms with Crippen LogP contribution in [0.4, 0.5) is 0 Å². The lowest BCUT2D eigenvalue weighted by Gasteiger charge is -2.48. The van der Waals surface area contributed by atoms with Gasteiger partial charge < -0.3 is 10.5 Å². The summed E-state index contributed by atoms with van der Waals surface area (Å²) in [4.78, 5) is 2.43. The van der Waals surface area contributed by atoms with E-state index in [2.05, 4.69) is 25.7 Å². The molecule has 1 heterocycles. The predicted octanol–water partition coefficient (Wildman–Crippen LogP) is 1.61. The SMILES string of the molecule is CCCC1(N)CN(CCC(C)(C)OC)C1. The highest BCUT2D eigenvalue weighted by Gasteiger charge is 2.38. The Balaban J connectivity index is 2.18. The molecular weight excluding hydrogens is 188 g/mol. The fourth-order valence-corrected chi connectivity index (χ4v) is 2.19. The number of hydrogen-bond acceptors (Lipinski definition) is 3. The molecule has 0 unspecified atom stereocenters. The van der Waals surface area contributed by atoms with E-state index in [1.54, 1.807) is 7.11 Å². The molecule has 1 rings (SSSR count). The fourth-order valence-electron chi connectivity index (χ4n) is 2.19. The molecule has 0 aromatic carbocycles. The molecular formula is C12H26N2O. The molecule has 0 saturated carbocycles. The molecule has 15 heavy (non-hydrogen) atoms. The molecule has 2 N–H and O–H groups in total. The molecule has 3 nitrogen and oxygen atoms in total. The topological polar surface area (TPSA) is 38.5 Å². The van der Waals surface area contributed by atoms with Crippen LogP contribution in [0.3, 0.4) is 0 Å². The molecule has 0 bridgehead atoms. The zero-order valence-corrected chi connectivity index (χ0v) is 10.7. The van der Waals surface area contributed by atoms with E-state index in [1.165, 1.54) is 6.42 Å². The summed E-state index contributed by atoms with van der Waals surface area (Å²) in [5.41, 5.74) is 6.30. The van der Waals surface area contributed by atoms with Crippen LogP contribution < -0.4 is 5.73 Å². The summed E-state index contributed by atoms with van der Waals surface area (Å²) < 4.78 is 5.40. The molecule has 0 atom stereocenters. The van der Waals surface area contributed by atoms with Gasteiger partial charge in [-0.3, -0.25) is 4.90 Å². The first-order chi connectivity index (χ1) is 6.91. The van der Waals surface area contributed by atoms with Gasteiger partial charge >= 0.3 is 0 Å². The third-order valence-electron chi connectivity index (χ3n) is 3.41. The number of nitrogens with two attached hydrogens (primary N) is 1. The Kier molecular flexibility index (Phi) is 4.15. The van der Waals surface area contributed by atoms with Crippen molar-refractivity contribution in [2.75, 3.05) is 26.7 Å². The molecule has 90 valence electrons. The lowest BCUT2D eigenvalue weighted by atomic mass is 9.86. The second-order valence-corrected chi connectivity index (χ2v) is 5.54.